The Morgan fingerprint density at radius 3 is 2.41 bits per heavy atom. The Morgan fingerprint density at radius 1 is 1.06 bits per heavy atom. The van der Waals surface area contributed by atoms with Crippen molar-refractivity contribution >= 4 is 22.5 Å². The van der Waals surface area contributed by atoms with Crippen LogP contribution in [0.5, 0.6) is 0 Å². The highest BCUT2D eigenvalue weighted by atomic mass is 16.2. The largest absolute Gasteiger partial charge is 0.332 e. The molecule has 0 aliphatic carbocycles. The summed E-state index contributed by atoms with van der Waals surface area (Å²) in [5.41, 5.74) is 7.19. The van der Waals surface area contributed by atoms with E-state index in [-0.39, 0.29) is 5.91 Å². The van der Waals surface area contributed by atoms with Crippen molar-refractivity contribution in [3.05, 3.63) is 108 Å². The lowest BCUT2D eigenvalue weighted by Gasteiger charge is -2.11. The fourth-order valence-electron chi connectivity index (χ4n) is 4.14. The maximum Gasteiger partial charge on any atom is 0.272 e. The number of hydrogen-bond acceptors (Lipinski definition) is 2. The second-order valence-corrected chi connectivity index (χ2v) is 8.49. The van der Waals surface area contributed by atoms with Gasteiger partial charge in [-0.1, -0.05) is 38.1 Å². The molecule has 0 radical (unpaired) electrons. The van der Waals surface area contributed by atoms with E-state index in [4.69, 9.17) is 0 Å². The average molecular weight is 424 g/mol. The number of carbonyl (C=O) groups excluding carboxylic acids is 1. The molecule has 0 unspecified atom stereocenters. The van der Waals surface area contributed by atoms with Crippen molar-refractivity contribution in [1.29, 1.82) is 0 Å². The monoisotopic (exact) mass is 423 g/mol. The predicted octanol–water partition coefficient (Wildman–Crippen LogP) is 6.50. The smallest absolute Gasteiger partial charge is 0.272 e. The second kappa shape index (κ2) is 9.23. The highest BCUT2D eigenvalue weighted by molar-refractivity contribution is 6.08. The van der Waals surface area contributed by atoms with Crippen molar-refractivity contribution in [2.75, 3.05) is 5.32 Å². The summed E-state index contributed by atoms with van der Waals surface area (Å²) < 4.78 is 2.05. The van der Waals surface area contributed by atoms with Crippen LogP contribution >= 0.6 is 0 Å². The molecule has 2 aromatic carbocycles. The summed E-state index contributed by atoms with van der Waals surface area (Å²) in [7, 11) is 0. The van der Waals surface area contributed by atoms with E-state index in [0.717, 1.165) is 28.6 Å². The Hall–Kier alpha value is -3.66. The topological polar surface area (TPSA) is 46.9 Å². The maximum atomic E-state index is 13.3. The van der Waals surface area contributed by atoms with Crippen molar-refractivity contribution in [1.82, 2.24) is 9.55 Å². The van der Waals surface area contributed by atoms with Gasteiger partial charge in [-0.15, -0.1) is 6.58 Å². The van der Waals surface area contributed by atoms with Gasteiger partial charge in [-0.05, 0) is 77.9 Å². The SMILES string of the molecule is C=CCn1c(C(=O)Nc2ccc(Cc3ccncc3)cc2)c(C)c2cc(C(C)C)ccc21. The summed E-state index contributed by atoms with van der Waals surface area (Å²) in [4.78, 5) is 17.4. The molecule has 4 aromatic rings. The fourth-order valence-corrected chi connectivity index (χ4v) is 4.14. The van der Waals surface area contributed by atoms with Crippen LogP contribution in [0.15, 0.2) is 79.6 Å². The summed E-state index contributed by atoms with van der Waals surface area (Å²) in [6.07, 6.45) is 6.28. The summed E-state index contributed by atoms with van der Waals surface area (Å²) in [5, 5.41) is 4.20. The van der Waals surface area contributed by atoms with Gasteiger partial charge >= 0.3 is 0 Å². The number of benzene rings is 2. The minimum Gasteiger partial charge on any atom is -0.332 e. The van der Waals surface area contributed by atoms with Crippen LogP contribution in [0.2, 0.25) is 0 Å². The van der Waals surface area contributed by atoms with Gasteiger partial charge in [-0.25, -0.2) is 0 Å². The Labute approximate surface area is 189 Å². The van der Waals surface area contributed by atoms with E-state index in [1.54, 1.807) is 12.4 Å². The molecule has 32 heavy (non-hydrogen) atoms. The highest BCUT2D eigenvalue weighted by Gasteiger charge is 2.20. The molecule has 0 atom stereocenters. The molecule has 2 heterocycles. The number of hydrogen-bond donors (Lipinski definition) is 1. The molecule has 0 saturated carbocycles. The van der Waals surface area contributed by atoms with Crippen LogP contribution in [0.3, 0.4) is 0 Å². The molecule has 4 nitrogen and oxygen atoms in total. The molecule has 0 saturated heterocycles. The minimum atomic E-state index is -0.103. The number of carbonyl (C=O) groups is 1. The van der Waals surface area contributed by atoms with Crippen molar-refractivity contribution in [3.8, 4) is 0 Å². The normalized spacial score (nSPS) is 11.1. The van der Waals surface area contributed by atoms with Crippen molar-refractivity contribution < 1.29 is 4.79 Å². The Kier molecular flexibility index (Phi) is 6.22. The van der Waals surface area contributed by atoms with Gasteiger partial charge in [-0.2, -0.15) is 0 Å². The maximum absolute atomic E-state index is 13.3. The predicted molar refractivity (Wildman–Crippen MR) is 132 cm³/mol. The summed E-state index contributed by atoms with van der Waals surface area (Å²) in [5.74, 6) is 0.332. The lowest BCUT2D eigenvalue weighted by atomic mass is 10.0. The van der Waals surface area contributed by atoms with E-state index >= 15 is 0 Å². The van der Waals surface area contributed by atoms with Crippen molar-refractivity contribution in [2.45, 2.75) is 39.7 Å². The number of aromatic nitrogens is 2. The second-order valence-electron chi connectivity index (χ2n) is 8.49. The number of allylic oxidation sites excluding steroid dienone is 1. The van der Waals surface area contributed by atoms with Gasteiger partial charge in [0.15, 0.2) is 0 Å². The molecule has 0 bridgehead atoms. The van der Waals surface area contributed by atoms with E-state index in [1.807, 2.05) is 37.3 Å². The Bertz CT molecular complexity index is 1250. The molecule has 0 fully saturated rings. The van der Waals surface area contributed by atoms with E-state index in [0.29, 0.717) is 18.2 Å². The number of nitrogens with zero attached hydrogens (tertiary/aromatic N) is 2. The van der Waals surface area contributed by atoms with Gasteiger partial charge in [0.05, 0.1) is 0 Å². The van der Waals surface area contributed by atoms with Crippen LogP contribution in [0.4, 0.5) is 5.69 Å². The Balaban J connectivity index is 1.61. The van der Waals surface area contributed by atoms with Crippen LogP contribution < -0.4 is 5.32 Å². The highest BCUT2D eigenvalue weighted by Crippen LogP contribution is 2.30. The van der Waals surface area contributed by atoms with E-state index < -0.39 is 0 Å². The first-order valence-corrected chi connectivity index (χ1v) is 11.0. The summed E-state index contributed by atoms with van der Waals surface area (Å²) in [6.45, 7) is 10.9. The van der Waals surface area contributed by atoms with Gasteiger partial charge in [0.25, 0.3) is 5.91 Å². The van der Waals surface area contributed by atoms with Gasteiger partial charge in [0.1, 0.15) is 5.69 Å². The van der Waals surface area contributed by atoms with Gasteiger partial charge in [0, 0.05) is 35.5 Å². The lowest BCUT2D eigenvalue weighted by Crippen LogP contribution is -2.18. The van der Waals surface area contributed by atoms with Gasteiger partial charge in [-0.3, -0.25) is 9.78 Å². The molecule has 4 heteroatoms. The third-order valence-electron chi connectivity index (χ3n) is 5.90. The number of aryl methyl sites for hydroxylation is 1. The standard InChI is InChI=1S/C28H29N3O/c1-5-16-31-26-11-8-23(19(2)3)18-25(26)20(4)27(31)28(32)30-24-9-6-21(7-10-24)17-22-12-14-29-15-13-22/h5-15,18-19H,1,16-17H2,2-4H3,(H,30,32). The summed E-state index contributed by atoms with van der Waals surface area (Å²) in [6, 6.07) is 18.5. The Morgan fingerprint density at radius 2 is 1.75 bits per heavy atom. The molecule has 2 aromatic heterocycles. The van der Waals surface area contributed by atoms with Crippen LogP contribution in [-0.2, 0) is 13.0 Å². The number of pyridine rings is 1. The molecule has 0 aliphatic heterocycles. The zero-order chi connectivity index (χ0) is 22.7. The molecule has 4 rings (SSSR count). The quantitative estimate of drug-likeness (QED) is 0.345. The molecule has 0 spiro atoms. The molecular weight excluding hydrogens is 394 g/mol. The third kappa shape index (κ3) is 4.35. The fraction of sp³-hybridized carbons (Fsp3) is 0.214. The molecular formula is C28H29N3O. The first-order chi connectivity index (χ1) is 15.5. The van der Waals surface area contributed by atoms with E-state index in [2.05, 4.69) is 65.6 Å². The number of nitrogens with one attached hydrogen (secondary N) is 1. The average Bonchev–Trinajstić information content (AvgIpc) is 3.07. The molecule has 1 N–H and O–H groups in total. The number of rotatable bonds is 7. The van der Waals surface area contributed by atoms with Crippen molar-refractivity contribution in [3.63, 3.8) is 0 Å². The molecule has 162 valence electrons. The van der Waals surface area contributed by atoms with Crippen LogP contribution in [0.1, 0.15) is 52.5 Å². The number of amides is 1. The lowest BCUT2D eigenvalue weighted by molar-refractivity contribution is 0.101. The van der Waals surface area contributed by atoms with Crippen LogP contribution in [0, 0.1) is 6.92 Å². The molecule has 0 aliphatic rings. The molecule has 1 amide bonds. The first-order valence-electron chi connectivity index (χ1n) is 11.0. The van der Waals surface area contributed by atoms with Crippen LogP contribution in [0.25, 0.3) is 10.9 Å². The van der Waals surface area contributed by atoms with Gasteiger partial charge in [0.2, 0.25) is 0 Å². The van der Waals surface area contributed by atoms with Crippen molar-refractivity contribution in [2.24, 2.45) is 0 Å². The van der Waals surface area contributed by atoms with Gasteiger partial charge < -0.3 is 9.88 Å². The van der Waals surface area contributed by atoms with E-state index in [9.17, 15) is 4.79 Å². The zero-order valence-electron chi connectivity index (χ0n) is 18.9. The van der Waals surface area contributed by atoms with Crippen LogP contribution in [-0.4, -0.2) is 15.5 Å². The first kappa shape index (κ1) is 21.6. The number of fused-ring (bicyclic) bond motifs is 1. The summed E-state index contributed by atoms with van der Waals surface area (Å²) >= 11 is 0. The number of anilines is 1. The minimum absolute atomic E-state index is 0.103. The van der Waals surface area contributed by atoms with E-state index in [1.165, 1.54) is 16.7 Å². The zero-order valence-corrected chi connectivity index (χ0v) is 18.9. The third-order valence-corrected chi connectivity index (χ3v) is 5.90.